The van der Waals surface area contributed by atoms with Gasteiger partial charge in [-0.2, -0.15) is 0 Å². The number of nitrogens with one attached hydrogen (secondary N) is 1. The summed E-state index contributed by atoms with van der Waals surface area (Å²) < 4.78 is 0.639. The summed E-state index contributed by atoms with van der Waals surface area (Å²) in [5.74, 6) is 0.00423. The Kier molecular flexibility index (Phi) is 6.48. The predicted octanol–water partition coefficient (Wildman–Crippen LogP) is 2.38. The molecule has 124 valence electrons. The van der Waals surface area contributed by atoms with E-state index in [1.54, 1.807) is 19.5 Å². The van der Waals surface area contributed by atoms with Crippen molar-refractivity contribution in [2.45, 2.75) is 24.1 Å². The zero-order valence-electron chi connectivity index (χ0n) is 13.0. The molecule has 0 spiro atoms. The van der Waals surface area contributed by atoms with Crippen molar-refractivity contribution in [1.29, 1.82) is 0 Å². The number of carbonyl (C=O) groups is 2. The topological polar surface area (TPSA) is 88.1 Å². The van der Waals surface area contributed by atoms with E-state index >= 15 is 0 Å². The standard InChI is InChI=1S/C13H17N5O2S3/c1-4-5-9-14-8(6-21-9)11(20)15-12-16-17-13(23-12)22-7-10(19)18(2)3/h6H,4-5,7H2,1-3H3,(H,15,16,20). The summed E-state index contributed by atoms with van der Waals surface area (Å²) in [7, 11) is 3.41. The molecule has 0 atom stereocenters. The molecule has 0 aliphatic heterocycles. The van der Waals surface area contributed by atoms with Crippen molar-refractivity contribution in [2.75, 3.05) is 25.2 Å². The van der Waals surface area contributed by atoms with Crippen molar-refractivity contribution in [1.82, 2.24) is 20.1 Å². The van der Waals surface area contributed by atoms with E-state index in [2.05, 4.69) is 27.4 Å². The van der Waals surface area contributed by atoms with Gasteiger partial charge in [0.15, 0.2) is 4.34 Å². The van der Waals surface area contributed by atoms with Gasteiger partial charge >= 0.3 is 0 Å². The minimum atomic E-state index is -0.291. The van der Waals surface area contributed by atoms with Crippen LogP contribution in [0.1, 0.15) is 28.8 Å². The smallest absolute Gasteiger partial charge is 0.276 e. The Labute approximate surface area is 146 Å². The Hall–Kier alpha value is -1.52. The molecule has 2 aromatic heterocycles. The van der Waals surface area contributed by atoms with E-state index in [0.29, 0.717) is 20.9 Å². The monoisotopic (exact) mass is 371 g/mol. The van der Waals surface area contributed by atoms with Crippen LogP contribution in [0.25, 0.3) is 0 Å². The molecule has 10 heteroatoms. The average Bonchev–Trinajstić information content (AvgIpc) is 3.14. The molecule has 0 bridgehead atoms. The third-order valence-electron chi connectivity index (χ3n) is 2.69. The molecule has 0 aliphatic carbocycles. The average molecular weight is 372 g/mol. The number of nitrogens with zero attached hydrogens (tertiary/aromatic N) is 4. The van der Waals surface area contributed by atoms with Crippen LogP contribution in [0.5, 0.6) is 0 Å². The fourth-order valence-electron chi connectivity index (χ4n) is 1.48. The van der Waals surface area contributed by atoms with Crippen LogP contribution in [0.2, 0.25) is 0 Å². The molecule has 0 unspecified atom stereocenters. The van der Waals surface area contributed by atoms with Crippen LogP contribution in [0.3, 0.4) is 0 Å². The van der Waals surface area contributed by atoms with Gasteiger partial charge in [0, 0.05) is 19.5 Å². The van der Waals surface area contributed by atoms with Gasteiger partial charge in [-0.05, 0) is 12.8 Å². The predicted molar refractivity (Wildman–Crippen MR) is 93.4 cm³/mol. The molecule has 2 amide bonds. The van der Waals surface area contributed by atoms with Gasteiger partial charge in [-0.3, -0.25) is 14.9 Å². The Bertz CT molecular complexity index is 683. The Balaban J connectivity index is 1.90. The maximum Gasteiger partial charge on any atom is 0.276 e. The van der Waals surface area contributed by atoms with Crippen LogP contribution in [-0.2, 0) is 11.2 Å². The summed E-state index contributed by atoms with van der Waals surface area (Å²) >= 11 is 4.02. The fourth-order valence-corrected chi connectivity index (χ4v) is 4.08. The van der Waals surface area contributed by atoms with Crippen LogP contribution in [0.4, 0.5) is 5.13 Å². The molecule has 2 rings (SSSR count). The summed E-state index contributed by atoms with van der Waals surface area (Å²) in [5, 5.41) is 13.7. The van der Waals surface area contributed by atoms with E-state index in [-0.39, 0.29) is 11.8 Å². The van der Waals surface area contributed by atoms with Gasteiger partial charge in [0.2, 0.25) is 11.0 Å². The SMILES string of the molecule is CCCc1nc(C(=O)Nc2nnc(SCC(=O)N(C)C)s2)cs1. The lowest BCUT2D eigenvalue weighted by Gasteiger charge is -2.07. The molecule has 7 nitrogen and oxygen atoms in total. The van der Waals surface area contributed by atoms with E-state index in [0.717, 1.165) is 17.8 Å². The summed E-state index contributed by atoms with van der Waals surface area (Å²) in [4.78, 5) is 29.4. The Morgan fingerprint density at radius 3 is 2.83 bits per heavy atom. The van der Waals surface area contributed by atoms with E-state index in [1.807, 2.05) is 0 Å². The van der Waals surface area contributed by atoms with E-state index in [9.17, 15) is 9.59 Å². The molecular formula is C13H17N5O2S3. The van der Waals surface area contributed by atoms with E-state index < -0.39 is 0 Å². The number of aromatic nitrogens is 3. The summed E-state index contributed by atoms with van der Waals surface area (Å²) in [5.41, 5.74) is 0.394. The number of hydrogen-bond acceptors (Lipinski definition) is 8. The van der Waals surface area contributed by atoms with Gasteiger partial charge < -0.3 is 4.90 Å². The quantitative estimate of drug-likeness (QED) is 0.594. The zero-order valence-corrected chi connectivity index (χ0v) is 15.5. The van der Waals surface area contributed by atoms with Crippen LogP contribution in [0, 0.1) is 0 Å². The highest BCUT2D eigenvalue weighted by Gasteiger charge is 2.14. The molecule has 0 radical (unpaired) electrons. The second-order valence-electron chi connectivity index (χ2n) is 4.78. The third-order valence-corrected chi connectivity index (χ3v) is 5.56. The first-order valence-electron chi connectivity index (χ1n) is 6.91. The lowest BCUT2D eigenvalue weighted by atomic mass is 10.3. The van der Waals surface area contributed by atoms with Crippen molar-refractivity contribution in [3.8, 4) is 0 Å². The number of anilines is 1. The molecule has 23 heavy (non-hydrogen) atoms. The number of amides is 2. The molecule has 0 aromatic carbocycles. The highest BCUT2D eigenvalue weighted by atomic mass is 32.2. The van der Waals surface area contributed by atoms with Crippen molar-refractivity contribution >= 4 is 51.4 Å². The van der Waals surface area contributed by atoms with Gasteiger partial charge in [-0.1, -0.05) is 30.0 Å². The zero-order chi connectivity index (χ0) is 16.8. The van der Waals surface area contributed by atoms with Gasteiger partial charge in [-0.25, -0.2) is 4.98 Å². The second-order valence-corrected chi connectivity index (χ2v) is 7.92. The lowest BCUT2D eigenvalue weighted by molar-refractivity contribution is -0.125. The molecule has 0 fully saturated rings. The highest BCUT2D eigenvalue weighted by molar-refractivity contribution is 8.01. The molecule has 1 N–H and O–H groups in total. The third kappa shape index (κ3) is 5.26. The number of rotatable bonds is 7. The van der Waals surface area contributed by atoms with E-state index in [4.69, 9.17) is 0 Å². The van der Waals surface area contributed by atoms with Gasteiger partial charge in [0.05, 0.1) is 10.8 Å². The fraction of sp³-hybridized carbons (Fsp3) is 0.462. The van der Waals surface area contributed by atoms with Crippen molar-refractivity contribution in [2.24, 2.45) is 0 Å². The van der Waals surface area contributed by atoms with Gasteiger partial charge in [-0.15, -0.1) is 21.5 Å². The first kappa shape index (κ1) is 17.8. The highest BCUT2D eigenvalue weighted by Crippen LogP contribution is 2.26. The lowest BCUT2D eigenvalue weighted by Crippen LogP contribution is -2.23. The Morgan fingerprint density at radius 2 is 2.13 bits per heavy atom. The molecule has 0 saturated heterocycles. The first-order valence-corrected chi connectivity index (χ1v) is 9.60. The van der Waals surface area contributed by atoms with Crippen molar-refractivity contribution in [3.63, 3.8) is 0 Å². The molecule has 0 aliphatic rings. The molecule has 2 heterocycles. The van der Waals surface area contributed by atoms with Crippen molar-refractivity contribution in [3.05, 3.63) is 16.1 Å². The first-order chi connectivity index (χ1) is 11.0. The largest absolute Gasteiger partial charge is 0.348 e. The summed E-state index contributed by atoms with van der Waals surface area (Å²) in [6, 6.07) is 0. The minimum absolute atomic E-state index is 0.00159. The number of hydrogen-bond donors (Lipinski definition) is 1. The number of aryl methyl sites for hydroxylation is 1. The summed E-state index contributed by atoms with van der Waals surface area (Å²) in [6.07, 6.45) is 1.87. The van der Waals surface area contributed by atoms with Crippen LogP contribution in [0.15, 0.2) is 9.72 Å². The maximum atomic E-state index is 12.1. The Morgan fingerprint density at radius 1 is 1.35 bits per heavy atom. The molecular weight excluding hydrogens is 354 g/mol. The van der Waals surface area contributed by atoms with Crippen LogP contribution < -0.4 is 5.32 Å². The number of thiazole rings is 1. The number of carbonyl (C=O) groups excluding carboxylic acids is 2. The van der Waals surface area contributed by atoms with E-state index in [1.165, 1.54) is 39.3 Å². The van der Waals surface area contributed by atoms with Gasteiger partial charge in [0.1, 0.15) is 5.69 Å². The minimum Gasteiger partial charge on any atom is -0.348 e. The van der Waals surface area contributed by atoms with Crippen LogP contribution in [-0.4, -0.2) is 51.7 Å². The normalized spacial score (nSPS) is 10.6. The maximum absolute atomic E-state index is 12.1. The van der Waals surface area contributed by atoms with Crippen LogP contribution >= 0.6 is 34.4 Å². The second kappa shape index (κ2) is 8.37. The number of thioether (sulfide) groups is 1. The molecule has 0 saturated carbocycles. The molecule has 2 aromatic rings. The summed E-state index contributed by atoms with van der Waals surface area (Å²) in [6.45, 7) is 2.07. The van der Waals surface area contributed by atoms with Gasteiger partial charge in [0.25, 0.3) is 5.91 Å². The van der Waals surface area contributed by atoms with Crippen molar-refractivity contribution < 1.29 is 9.59 Å².